The first kappa shape index (κ1) is 15.9. The summed E-state index contributed by atoms with van der Waals surface area (Å²) in [5.41, 5.74) is 7.18. The van der Waals surface area contributed by atoms with Crippen LogP contribution in [0.3, 0.4) is 0 Å². The molecule has 2 rings (SSSR count). The summed E-state index contributed by atoms with van der Waals surface area (Å²) in [6.07, 6.45) is 6.03. The largest absolute Gasteiger partial charge is 0.488 e. The zero-order valence-electron chi connectivity index (χ0n) is 13.3. The Morgan fingerprint density at radius 2 is 2.14 bits per heavy atom. The Morgan fingerprint density at radius 3 is 2.81 bits per heavy atom. The fourth-order valence-corrected chi connectivity index (χ4v) is 3.05. The molecule has 2 unspecified atom stereocenters. The third-order valence-corrected chi connectivity index (χ3v) is 4.19. The van der Waals surface area contributed by atoms with Gasteiger partial charge in [0.1, 0.15) is 0 Å². The van der Waals surface area contributed by atoms with E-state index in [0.29, 0.717) is 11.7 Å². The van der Waals surface area contributed by atoms with Crippen molar-refractivity contribution in [1.29, 1.82) is 0 Å². The molecule has 3 nitrogen and oxygen atoms in total. The van der Waals surface area contributed by atoms with Crippen LogP contribution in [0.15, 0.2) is 12.1 Å². The Balaban J connectivity index is 2.11. The summed E-state index contributed by atoms with van der Waals surface area (Å²) >= 11 is 0. The summed E-state index contributed by atoms with van der Waals surface area (Å²) in [7, 11) is 0. The van der Waals surface area contributed by atoms with Gasteiger partial charge in [0.2, 0.25) is 0 Å². The quantitative estimate of drug-likeness (QED) is 0.782. The summed E-state index contributed by atoms with van der Waals surface area (Å²) < 4.78 is 19.4. The fraction of sp³-hybridized carbons (Fsp3) is 0.647. The van der Waals surface area contributed by atoms with Gasteiger partial charge in [0.15, 0.2) is 11.6 Å². The van der Waals surface area contributed by atoms with Crippen molar-refractivity contribution in [2.24, 2.45) is 5.92 Å². The number of ether oxygens (including phenoxy) is 1. The minimum Gasteiger partial charge on any atom is -0.488 e. The van der Waals surface area contributed by atoms with E-state index < -0.39 is 5.82 Å². The first-order chi connectivity index (χ1) is 9.99. The molecule has 1 aromatic carbocycles. The fourth-order valence-electron chi connectivity index (χ4n) is 3.05. The summed E-state index contributed by atoms with van der Waals surface area (Å²) in [6.45, 7) is 6.01. The maximum atomic E-state index is 13.9. The van der Waals surface area contributed by atoms with Gasteiger partial charge in [0.25, 0.3) is 0 Å². The Hall–Kier alpha value is -1.45. The lowest BCUT2D eigenvalue weighted by Crippen LogP contribution is -2.27. The van der Waals surface area contributed by atoms with Crippen LogP contribution >= 0.6 is 0 Å². The topological polar surface area (TPSA) is 47.3 Å². The van der Waals surface area contributed by atoms with Crippen LogP contribution in [0, 0.1) is 11.7 Å². The van der Waals surface area contributed by atoms with Gasteiger partial charge in [-0.1, -0.05) is 26.2 Å². The van der Waals surface area contributed by atoms with Gasteiger partial charge in [0.05, 0.1) is 17.5 Å². The van der Waals surface area contributed by atoms with Crippen LogP contribution in [0.25, 0.3) is 0 Å². The molecule has 1 aromatic rings. The summed E-state index contributed by atoms with van der Waals surface area (Å²) in [4.78, 5) is 0. The lowest BCUT2D eigenvalue weighted by Gasteiger charge is -2.30. The number of anilines is 2. The van der Waals surface area contributed by atoms with E-state index >= 15 is 0 Å². The number of hydrogen-bond donors (Lipinski definition) is 2. The van der Waals surface area contributed by atoms with Gasteiger partial charge in [0, 0.05) is 18.2 Å². The van der Waals surface area contributed by atoms with Crippen LogP contribution in [-0.4, -0.2) is 12.1 Å². The lowest BCUT2D eigenvalue weighted by molar-refractivity contribution is 0.231. The highest BCUT2D eigenvalue weighted by atomic mass is 19.1. The van der Waals surface area contributed by atoms with E-state index in [1.165, 1.54) is 25.3 Å². The molecule has 3 N–H and O–H groups in total. The lowest BCUT2D eigenvalue weighted by atomic mass is 9.84. The van der Waals surface area contributed by atoms with Gasteiger partial charge in [-0.25, -0.2) is 4.39 Å². The molecule has 1 aliphatic rings. The standard InChI is InChI=1S/C17H27FN2O/c1-4-12-6-5-7-13(8-12)20-16-10-17(21-11(2)3)14(18)9-15(16)19/h9-13,20H,4-8,19H2,1-3H3. The van der Waals surface area contributed by atoms with Crippen molar-refractivity contribution in [3.8, 4) is 5.75 Å². The van der Waals surface area contributed by atoms with Crippen LogP contribution in [0.5, 0.6) is 5.75 Å². The highest BCUT2D eigenvalue weighted by molar-refractivity contribution is 5.69. The Bertz CT molecular complexity index is 476. The Kier molecular flexibility index (Phi) is 5.32. The van der Waals surface area contributed by atoms with Crippen molar-refractivity contribution in [3.05, 3.63) is 17.9 Å². The Labute approximate surface area is 127 Å². The van der Waals surface area contributed by atoms with Crippen LogP contribution in [-0.2, 0) is 0 Å². The number of hydrogen-bond acceptors (Lipinski definition) is 3. The van der Waals surface area contributed by atoms with Gasteiger partial charge in [-0.2, -0.15) is 0 Å². The number of benzene rings is 1. The van der Waals surface area contributed by atoms with E-state index in [-0.39, 0.29) is 11.9 Å². The van der Waals surface area contributed by atoms with Crippen LogP contribution in [0.4, 0.5) is 15.8 Å². The average Bonchev–Trinajstić information content (AvgIpc) is 2.44. The first-order valence-electron chi connectivity index (χ1n) is 8.01. The maximum Gasteiger partial charge on any atom is 0.167 e. The minimum atomic E-state index is -0.401. The molecule has 0 bridgehead atoms. The summed E-state index contributed by atoms with van der Waals surface area (Å²) in [5.74, 6) is 0.649. The van der Waals surface area contributed by atoms with Crippen molar-refractivity contribution < 1.29 is 9.13 Å². The van der Waals surface area contributed by atoms with Crippen LogP contribution in [0.1, 0.15) is 52.9 Å². The van der Waals surface area contributed by atoms with E-state index in [4.69, 9.17) is 10.5 Å². The molecular formula is C17H27FN2O. The molecule has 0 heterocycles. The normalized spacial score (nSPS) is 22.3. The number of rotatable bonds is 5. The first-order valence-corrected chi connectivity index (χ1v) is 8.01. The summed E-state index contributed by atoms with van der Waals surface area (Å²) in [5, 5.41) is 3.48. The highest BCUT2D eigenvalue weighted by Gasteiger charge is 2.21. The molecule has 0 saturated heterocycles. The molecule has 118 valence electrons. The monoisotopic (exact) mass is 294 g/mol. The highest BCUT2D eigenvalue weighted by Crippen LogP contribution is 2.33. The molecule has 0 spiro atoms. The molecule has 0 aliphatic heterocycles. The zero-order chi connectivity index (χ0) is 15.4. The number of nitrogens with two attached hydrogens (primary N) is 1. The molecule has 4 heteroatoms. The molecule has 1 aliphatic carbocycles. The van der Waals surface area contributed by atoms with E-state index in [1.807, 2.05) is 13.8 Å². The van der Waals surface area contributed by atoms with Crippen molar-refractivity contribution in [3.63, 3.8) is 0 Å². The molecule has 0 aromatic heterocycles. The third-order valence-electron chi connectivity index (χ3n) is 4.19. The molecule has 2 atom stereocenters. The zero-order valence-corrected chi connectivity index (χ0v) is 13.3. The van der Waals surface area contributed by atoms with Gasteiger partial charge < -0.3 is 15.8 Å². The number of nitrogens with one attached hydrogen (secondary N) is 1. The van der Waals surface area contributed by atoms with Gasteiger partial charge in [-0.15, -0.1) is 0 Å². The van der Waals surface area contributed by atoms with Gasteiger partial charge >= 0.3 is 0 Å². The van der Waals surface area contributed by atoms with E-state index in [2.05, 4.69) is 12.2 Å². The minimum absolute atomic E-state index is 0.0601. The maximum absolute atomic E-state index is 13.9. The number of halogens is 1. The van der Waals surface area contributed by atoms with Crippen molar-refractivity contribution in [2.45, 2.75) is 65.0 Å². The Morgan fingerprint density at radius 1 is 1.38 bits per heavy atom. The molecular weight excluding hydrogens is 267 g/mol. The smallest absolute Gasteiger partial charge is 0.167 e. The second-order valence-corrected chi connectivity index (χ2v) is 6.32. The van der Waals surface area contributed by atoms with E-state index in [9.17, 15) is 4.39 Å². The van der Waals surface area contributed by atoms with Crippen molar-refractivity contribution in [1.82, 2.24) is 0 Å². The molecule has 0 radical (unpaired) electrons. The van der Waals surface area contributed by atoms with Crippen LogP contribution in [0.2, 0.25) is 0 Å². The van der Waals surface area contributed by atoms with Gasteiger partial charge in [-0.05, 0) is 32.6 Å². The average molecular weight is 294 g/mol. The predicted octanol–water partition coefficient (Wildman–Crippen LogP) is 4.58. The second-order valence-electron chi connectivity index (χ2n) is 6.32. The predicted molar refractivity (Wildman–Crippen MR) is 86.2 cm³/mol. The molecule has 0 amide bonds. The van der Waals surface area contributed by atoms with Crippen molar-refractivity contribution in [2.75, 3.05) is 11.1 Å². The molecule has 1 fully saturated rings. The third kappa shape index (κ3) is 4.26. The molecule has 1 saturated carbocycles. The second kappa shape index (κ2) is 7.01. The SMILES string of the molecule is CCC1CCCC(Nc2cc(OC(C)C)c(F)cc2N)C1. The molecule has 21 heavy (non-hydrogen) atoms. The number of nitrogen functional groups attached to an aromatic ring is 1. The van der Waals surface area contributed by atoms with Crippen LogP contribution < -0.4 is 15.8 Å². The summed E-state index contributed by atoms with van der Waals surface area (Å²) in [6, 6.07) is 3.46. The van der Waals surface area contributed by atoms with Gasteiger partial charge in [-0.3, -0.25) is 0 Å². The van der Waals surface area contributed by atoms with E-state index in [0.717, 1.165) is 24.4 Å². The van der Waals surface area contributed by atoms with E-state index in [1.54, 1.807) is 6.07 Å². The van der Waals surface area contributed by atoms with Crippen molar-refractivity contribution >= 4 is 11.4 Å².